The molecule has 30 heavy (non-hydrogen) atoms. The molecule has 1 aromatic rings. The number of H-pyrrole nitrogens is 1. The number of hydrogen-bond donors (Lipinski definition) is 6. The van der Waals surface area contributed by atoms with Crippen molar-refractivity contribution in [1.29, 1.82) is 0 Å². The van der Waals surface area contributed by atoms with Gasteiger partial charge < -0.3 is 36.5 Å². The smallest absolute Gasteiger partial charge is 0.326 e. The molecular weight excluding hydrogens is 400 g/mol. The van der Waals surface area contributed by atoms with Crippen LogP contribution >= 0.6 is 0 Å². The molecule has 1 aromatic heterocycles. The van der Waals surface area contributed by atoms with Gasteiger partial charge in [0.1, 0.15) is 18.1 Å². The molecule has 0 bridgehead atoms. The van der Waals surface area contributed by atoms with Crippen LogP contribution in [0.4, 0.5) is 0 Å². The monoisotopic (exact) mass is 424 g/mol. The van der Waals surface area contributed by atoms with Crippen LogP contribution in [0.15, 0.2) is 12.5 Å². The number of carbonyl (C=O) groups is 5. The highest BCUT2D eigenvalue weighted by atomic mass is 16.4. The van der Waals surface area contributed by atoms with Crippen molar-refractivity contribution < 1.29 is 34.2 Å². The highest BCUT2D eigenvalue weighted by Crippen LogP contribution is 2.20. The van der Waals surface area contributed by atoms with Gasteiger partial charge in [-0.05, 0) is 12.8 Å². The van der Waals surface area contributed by atoms with E-state index < -0.39 is 60.8 Å². The molecule has 13 heteroatoms. The summed E-state index contributed by atoms with van der Waals surface area (Å²) in [4.78, 5) is 67.4. The molecule has 1 aliphatic rings. The minimum absolute atomic E-state index is 0.0318. The average Bonchev–Trinajstić information content (AvgIpc) is 3.37. The normalized spacial score (nSPS) is 17.8. The summed E-state index contributed by atoms with van der Waals surface area (Å²) in [5.74, 6) is -4.69. The molecule has 1 fully saturated rings. The Kier molecular flexibility index (Phi) is 7.86. The number of nitrogens with zero attached hydrogens (tertiary/aromatic N) is 2. The molecule has 1 aliphatic heterocycles. The maximum absolute atomic E-state index is 12.8. The maximum Gasteiger partial charge on any atom is 0.326 e. The Morgan fingerprint density at radius 2 is 1.97 bits per heavy atom. The lowest BCUT2D eigenvalue weighted by atomic mass is 10.1. The van der Waals surface area contributed by atoms with Crippen molar-refractivity contribution >= 4 is 29.7 Å². The lowest BCUT2D eigenvalue weighted by Gasteiger charge is -2.29. The number of nitrogens with one attached hydrogen (secondary N) is 3. The van der Waals surface area contributed by atoms with Crippen molar-refractivity contribution in [3.8, 4) is 0 Å². The zero-order valence-electron chi connectivity index (χ0n) is 16.0. The van der Waals surface area contributed by atoms with E-state index in [1.54, 1.807) is 0 Å². The Bertz CT molecular complexity index is 797. The molecule has 0 aromatic carbocycles. The van der Waals surface area contributed by atoms with Crippen LogP contribution in [0.3, 0.4) is 0 Å². The Morgan fingerprint density at radius 3 is 2.53 bits per heavy atom. The number of hydrogen-bond acceptors (Lipinski definition) is 7. The first kappa shape index (κ1) is 22.8. The summed E-state index contributed by atoms with van der Waals surface area (Å²) in [7, 11) is 0. The van der Waals surface area contributed by atoms with Crippen LogP contribution in [-0.2, 0) is 30.4 Å². The van der Waals surface area contributed by atoms with Crippen LogP contribution < -0.4 is 16.4 Å². The summed E-state index contributed by atoms with van der Waals surface area (Å²) < 4.78 is 0. The van der Waals surface area contributed by atoms with Crippen molar-refractivity contribution in [2.24, 2.45) is 5.73 Å². The van der Waals surface area contributed by atoms with Crippen molar-refractivity contribution in [3.05, 3.63) is 18.2 Å². The first-order valence-electron chi connectivity index (χ1n) is 9.25. The zero-order chi connectivity index (χ0) is 22.3. The van der Waals surface area contributed by atoms with Gasteiger partial charge in [-0.25, -0.2) is 9.78 Å². The van der Waals surface area contributed by atoms with Crippen molar-refractivity contribution in [2.75, 3.05) is 13.1 Å². The minimum Gasteiger partial charge on any atom is -0.481 e. The molecule has 7 N–H and O–H groups in total. The zero-order valence-corrected chi connectivity index (χ0v) is 16.0. The number of nitrogens with two attached hydrogens (primary N) is 1. The number of aliphatic carboxylic acids is 2. The molecule has 3 unspecified atom stereocenters. The molecule has 0 radical (unpaired) electrons. The fourth-order valence-electron chi connectivity index (χ4n) is 3.22. The number of carbonyl (C=O) groups excluding carboxylic acids is 3. The van der Waals surface area contributed by atoms with Crippen LogP contribution in [0, 0.1) is 0 Å². The predicted molar refractivity (Wildman–Crippen MR) is 99.8 cm³/mol. The van der Waals surface area contributed by atoms with E-state index in [4.69, 9.17) is 10.8 Å². The van der Waals surface area contributed by atoms with Gasteiger partial charge in [-0.15, -0.1) is 0 Å². The first-order chi connectivity index (χ1) is 14.2. The summed E-state index contributed by atoms with van der Waals surface area (Å²) >= 11 is 0. The van der Waals surface area contributed by atoms with Crippen LogP contribution in [0.5, 0.6) is 0 Å². The number of aromatic nitrogens is 2. The average molecular weight is 424 g/mol. The number of aromatic amines is 1. The van der Waals surface area contributed by atoms with Crippen LogP contribution in [0.25, 0.3) is 0 Å². The van der Waals surface area contributed by atoms with E-state index in [2.05, 4.69) is 20.6 Å². The summed E-state index contributed by atoms with van der Waals surface area (Å²) in [5, 5.41) is 23.1. The molecule has 164 valence electrons. The van der Waals surface area contributed by atoms with E-state index in [-0.39, 0.29) is 19.4 Å². The number of likely N-dealkylation sites (tertiary alicyclic amines) is 1. The number of carboxylic acid groups (broad SMARTS) is 2. The lowest BCUT2D eigenvalue weighted by Crippen LogP contribution is -2.56. The molecule has 13 nitrogen and oxygen atoms in total. The molecule has 0 spiro atoms. The van der Waals surface area contributed by atoms with E-state index in [1.165, 1.54) is 12.5 Å². The second-order valence-corrected chi connectivity index (χ2v) is 6.79. The Labute approximate surface area is 171 Å². The van der Waals surface area contributed by atoms with E-state index in [9.17, 15) is 29.1 Å². The number of carboxylic acids is 2. The van der Waals surface area contributed by atoms with Gasteiger partial charge in [0, 0.05) is 24.9 Å². The molecule has 2 rings (SSSR count). The van der Waals surface area contributed by atoms with Crippen molar-refractivity contribution in [1.82, 2.24) is 25.5 Å². The van der Waals surface area contributed by atoms with E-state index in [0.29, 0.717) is 12.1 Å². The van der Waals surface area contributed by atoms with Gasteiger partial charge in [0.25, 0.3) is 0 Å². The minimum atomic E-state index is -1.38. The Morgan fingerprint density at radius 1 is 1.23 bits per heavy atom. The largest absolute Gasteiger partial charge is 0.481 e. The highest BCUT2D eigenvalue weighted by Gasteiger charge is 2.39. The highest BCUT2D eigenvalue weighted by molar-refractivity contribution is 5.95. The third-order valence-electron chi connectivity index (χ3n) is 4.63. The maximum atomic E-state index is 12.8. The van der Waals surface area contributed by atoms with Gasteiger partial charge in [0.05, 0.1) is 19.3 Å². The van der Waals surface area contributed by atoms with E-state index in [1.807, 2.05) is 0 Å². The first-order valence-corrected chi connectivity index (χ1v) is 9.25. The van der Waals surface area contributed by atoms with Crippen LogP contribution in [-0.4, -0.2) is 86.0 Å². The summed E-state index contributed by atoms with van der Waals surface area (Å²) in [6, 6.07) is -3.61. The molecule has 3 amide bonds. The standard InChI is InChI=1S/C17H24N6O7/c18-6-13(24)21-10(5-14(25)26)16(28)23-3-1-2-12(23)15(27)22-11(17(29)30)4-9-7-19-8-20-9/h7-8,10-12H,1-6,18H2,(H,19,20)(H,21,24)(H,22,27)(H,25,26)(H,29,30). The summed E-state index contributed by atoms with van der Waals surface area (Å²) in [6.45, 7) is -0.259. The Balaban J connectivity index is 2.10. The molecule has 1 saturated heterocycles. The van der Waals surface area contributed by atoms with Crippen molar-refractivity contribution in [3.63, 3.8) is 0 Å². The molecule has 2 heterocycles. The van der Waals surface area contributed by atoms with Gasteiger partial charge in [-0.1, -0.05) is 0 Å². The Hall–Kier alpha value is -3.48. The van der Waals surface area contributed by atoms with Gasteiger partial charge in [0.2, 0.25) is 17.7 Å². The number of amides is 3. The lowest BCUT2D eigenvalue weighted by molar-refractivity contribution is -0.147. The van der Waals surface area contributed by atoms with E-state index in [0.717, 1.165) is 4.90 Å². The van der Waals surface area contributed by atoms with Crippen molar-refractivity contribution in [2.45, 2.75) is 43.8 Å². The SMILES string of the molecule is NCC(=O)NC(CC(=O)O)C(=O)N1CCCC1C(=O)NC(Cc1cnc[nH]1)C(=O)O. The van der Waals surface area contributed by atoms with E-state index >= 15 is 0 Å². The van der Waals surface area contributed by atoms with Gasteiger partial charge >= 0.3 is 11.9 Å². The second-order valence-electron chi connectivity index (χ2n) is 6.79. The van der Waals surface area contributed by atoms with Gasteiger partial charge in [-0.2, -0.15) is 0 Å². The van der Waals surface area contributed by atoms with Gasteiger partial charge in [0.15, 0.2) is 0 Å². The third kappa shape index (κ3) is 6.01. The number of imidazole rings is 1. The molecule has 3 atom stereocenters. The molecular formula is C17H24N6O7. The van der Waals surface area contributed by atoms with Crippen LogP contribution in [0.1, 0.15) is 25.0 Å². The quantitative estimate of drug-likeness (QED) is 0.233. The summed E-state index contributed by atoms with van der Waals surface area (Å²) in [6.07, 6.45) is 2.85. The second kappa shape index (κ2) is 10.3. The summed E-state index contributed by atoms with van der Waals surface area (Å²) in [5.41, 5.74) is 5.72. The topological polar surface area (TPSA) is 208 Å². The van der Waals surface area contributed by atoms with Gasteiger partial charge in [-0.3, -0.25) is 19.2 Å². The van der Waals surface area contributed by atoms with Crippen LogP contribution in [0.2, 0.25) is 0 Å². The fourth-order valence-corrected chi connectivity index (χ4v) is 3.22. The molecule has 0 saturated carbocycles. The third-order valence-corrected chi connectivity index (χ3v) is 4.63. The predicted octanol–water partition coefficient (Wildman–Crippen LogP) is -2.57. The fraction of sp³-hybridized carbons (Fsp3) is 0.529. The number of rotatable bonds is 10. The molecule has 0 aliphatic carbocycles.